The molecule has 0 radical (unpaired) electrons. The summed E-state index contributed by atoms with van der Waals surface area (Å²) in [4.78, 5) is 45.5. The quantitative estimate of drug-likeness (QED) is 0.112. The Morgan fingerprint density at radius 2 is 1.51 bits per heavy atom. The standard InChI is InChI=1S/C41H54O6/c1-12-21-46-32-18-15-28(22-31(32)42)34(43)33-35(44)41(20-19-27(6)7)37(45)40(23-29(38(41,8)9)16-13-25(2)3)24-30(17-14-26(4)5)39(10,11)47-36(33)40/h12-15,18-19,22,29-30,42H,1,16-17,20-21,23-24H2,2-11H3/t29-,30+,40+,41+/m1/s1. The molecular formula is C41H54O6. The van der Waals surface area contributed by atoms with E-state index in [1.54, 1.807) is 12.1 Å². The van der Waals surface area contributed by atoms with Crippen molar-refractivity contribution in [1.82, 2.24) is 0 Å². The summed E-state index contributed by atoms with van der Waals surface area (Å²) < 4.78 is 12.4. The fraction of sp³-hybridized carbons (Fsp3) is 0.537. The predicted octanol–water partition coefficient (Wildman–Crippen LogP) is 9.45. The second-order valence-corrected chi connectivity index (χ2v) is 15.7. The van der Waals surface area contributed by atoms with Crippen molar-refractivity contribution < 1.29 is 29.0 Å². The Morgan fingerprint density at radius 1 is 0.936 bits per heavy atom. The summed E-state index contributed by atoms with van der Waals surface area (Å²) in [5.74, 6) is -0.983. The average molecular weight is 643 g/mol. The summed E-state index contributed by atoms with van der Waals surface area (Å²) in [5.41, 5.74) is -0.692. The van der Waals surface area contributed by atoms with Crippen molar-refractivity contribution >= 4 is 17.3 Å². The van der Waals surface area contributed by atoms with Crippen LogP contribution in [0.5, 0.6) is 11.5 Å². The number of ketones is 3. The molecule has 3 aliphatic rings. The lowest BCUT2D eigenvalue weighted by Crippen LogP contribution is -2.69. The molecule has 1 heterocycles. The van der Waals surface area contributed by atoms with Crippen LogP contribution in [0.25, 0.3) is 0 Å². The highest BCUT2D eigenvalue weighted by Crippen LogP contribution is 2.69. The highest BCUT2D eigenvalue weighted by Gasteiger charge is 2.74. The van der Waals surface area contributed by atoms with Gasteiger partial charge < -0.3 is 14.6 Å². The van der Waals surface area contributed by atoms with E-state index in [1.807, 2.05) is 47.6 Å². The van der Waals surface area contributed by atoms with E-state index in [0.29, 0.717) is 19.3 Å². The fourth-order valence-electron chi connectivity index (χ4n) is 7.98. The molecule has 2 fully saturated rings. The van der Waals surface area contributed by atoms with E-state index in [4.69, 9.17) is 9.47 Å². The Balaban J connectivity index is 2.06. The Hall–Kier alpha value is -3.67. The average Bonchev–Trinajstić information content (AvgIpc) is 2.97. The van der Waals surface area contributed by atoms with Gasteiger partial charge >= 0.3 is 0 Å². The minimum Gasteiger partial charge on any atom is -0.504 e. The van der Waals surface area contributed by atoms with Crippen LogP contribution >= 0.6 is 0 Å². The van der Waals surface area contributed by atoms with Gasteiger partial charge in [-0.05, 0) is 117 Å². The van der Waals surface area contributed by atoms with E-state index in [1.165, 1.54) is 23.3 Å². The van der Waals surface area contributed by atoms with E-state index in [9.17, 15) is 9.90 Å². The van der Waals surface area contributed by atoms with Crippen LogP contribution in [0.1, 0.15) is 112 Å². The number of carbonyl (C=O) groups is 3. The molecule has 1 saturated heterocycles. The zero-order valence-electron chi connectivity index (χ0n) is 30.1. The lowest BCUT2D eigenvalue weighted by atomic mass is 9.39. The number of ether oxygens (including phenoxy) is 2. The number of hydrogen-bond acceptors (Lipinski definition) is 6. The van der Waals surface area contributed by atoms with Gasteiger partial charge in [-0.15, -0.1) is 0 Å². The van der Waals surface area contributed by atoms with Gasteiger partial charge in [0, 0.05) is 11.5 Å². The van der Waals surface area contributed by atoms with Crippen molar-refractivity contribution in [3.8, 4) is 11.5 Å². The van der Waals surface area contributed by atoms with Crippen LogP contribution in [-0.4, -0.2) is 34.7 Å². The van der Waals surface area contributed by atoms with Crippen LogP contribution < -0.4 is 4.74 Å². The number of benzene rings is 1. The Kier molecular flexibility index (Phi) is 10.1. The zero-order chi connectivity index (χ0) is 35.1. The molecule has 254 valence electrons. The van der Waals surface area contributed by atoms with Crippen molar-refractivity contribution in [3.05, 3.63) is 82.7 Å². The first-order valence-electron chi connectivity index (χ1n) is 16.9. The van der Waals surface area contributed by atoms with Crippen LogP contribution in [0.3, 0.4) is 0 Å². The fourth-order valence-corrected chi connectivity index (χ4v) is 7.98. The van der Waals surface area contributed by atoms with Crippen LogP contribution in [-0.2, 0) is 14.3 Å². The third-order valence-electron chi connectivity index (χ3n) is 11.0. The van der Waals surface area contributed by atoms with E-state index < -0.39 is 33.4 Å². The summed E-state index contributed by atoms with van der Waals surface area (Å²) >= 11 is 0. The summed E-state index contributed by atoms with van der Waals surface area (Å²) in [6.45, 7) is 24.1. The first-order valence-corrected chi connectivity index (χ1v) is 16.9. The topological polar surface area (TPSA) is 89.9 Å². The molecule has 1 aromatic carbocycles. The summed E-state index contributed by atoms with van der Waals surface area (Å²) in [7, 11) is 0. The molecule has 2 bridgehead atoms. The van der Waals surface area contributed by atoms with Crippen molar-refractivity contribution in [2.75, 3.05) is 6.61 Å². The number of phenols is 1. The number of Topliss-reactive ketones (excluding diaryl/α,β-unsaturated/α-hetero) is 3. The van der Waals surface area contributed by atoms with Crippen molar-refractivity contribution in [2.24, 2.45) is 28.1 Å². The molecule has 0 unspecified atom stereocenters. The Bertz CT molecular complexity index is 1580. The SMILES string of the molecule is C=CCOc1ccc(C(=O)C2=C3OC(C)(C)[C@@H](CC=C(C)C)C[C@@]34C[C@@H](CC=C(C)C)C(C)(C)[C@@](CC=C(C)C)(C2=O)C4=O)cc1O. The number of hydrogen-bond donors (Lipinski definition) is 1. The van der Waals surface area contributed by atoms with Crippen molar-refractivity contribution in [3.63, 3.8) is 0 Å². The van der Waals surface area contributed by atoms with Crippen molar-refractivity contribution in [2.45, 2.75) is 107 Å². The highest BCUT2D eigenvalue weighted by atomic mass is 16.5. The third kappa shape index (κ3) is 6.21. The lowest BCUT2D eigenvalue weighted by Gasteiger charge is -2.64. The molecule has 4 rings (SSSR count). The van der Waals surface area contributed by atoms with Crippen molar-refractivity contribution in [1.29, 1.82) is 0 Å². The maximum Gasteiger partial charge on any atom is 0.200 e. The van der Waals surface area contributed by atoms with Crippen LogP contribution in [0, 0.1) is 28.1 Å². The largest absolute Gasteiger partial charge is 0.504 e. The highest BCUT2D eigenvalue weighted by molar-refractivity contribution is 6.35. The van der Waals surface area contributed by atoms with E-state index in [0.717, 1.165) is 12.0 Å². The van der Waals surface area contributed by atoms with E-state index in [2.05, 4.69) is 46.4 Å². The summed E-state index contributed by atoms with van der Waals surface area (Å²) in [5, 5.41) is 10.8. The van der Waals surface area contributed by atoms with Gasteiger partial charge in [0.2, 0.25) is 0 Å². The van der Waals surface area contributed by atoms with Gasteiger partial charge in [0.15, 0.2) is 28.8 Å². The zero-order valence-corrected chi connectivity index (χ0v) is 30.1. The van der Waals surface area contributed by atoms with Crippen LogP contribution in [0.15, 0.2) is 77.1 Å². The first-order chi connectivity index (χ1) is 21.9. The van der Waals surface area contributed by atoms with Crippen LogP contribution in [0.4, 0.5) is 0 Å². The molecule has 47 heavy (non-hydrogen) atoms. The molecule has 1 saturated carbocycles. The van der Waals surface area contributed by atoms with E-state index in [-0.39, 0.29) is 59.0 Å². The number of phenolic OH excluding ortho intramolecular Hbond substituents is 1. The van der Waals surface area contributed by atoms with Gasteiger partial charge in [-0.1, -0.05) is 61.4 Å². The molecule has 6 nitrogen and oxygen atoms in total. The molecular weight excluding hydrogens is 588 g/mol. The summed E-state index contributed by atoms with van der Waals surface area (Å²) in [6, 6.07) is 4.40. The van der Waals surface area contributed by atoms with Gasteiger partial charge in [-0.2, -0.15) is 0 Å². The first kappa shape index (κ1) is 36.2. The molecule has 4 atom stereocenters. The normalized spacial score (nSPS) is 27.2. The van der Waals surface area contributed by atoms with E-state index >= 15 is 9.59 Å². The Labute approximate surface area is 281 Å². The molecule has 2 aliphatic carbocycles. The van der Waals surface area contributed by atoms with Gasteiger partial charge in [-0.25, -0.2) is 0 Å². The molecule has 1 spiro atoms. The maximum absolute atomic E-state index is 15.4. The lowest BCUT2D eigenvalue weighted by molar-refractivity contribution is -0.188. The second kappa shape index (κ2) is 13.1. The number of carbonyl (C=O) groups excluding carboxylic acids is 3. The second-order valence-electron chi connectivity index (χ2n) is 15.7. The molecule has 1 N–H and O–H groups in total. The number of rotatable bonds is 11. The smallest absolute Gasteiger partial charge is 0.200 e. The molecule has 0 aromatic heterocycles. The van der Waals surface area contributed by atoms with Gasteiger partial charge in [0.25, 0.3) is 0 Å². The van der Waals surface area contributed by atoms with Gasteiger partial charge in [-0.3, -0.25) is 14.4 Å². The minimum absolute atomic E-state index is 0.0180. The number of allylic oxidation sites excluding steroid dienone is 8. The predicted molar refractivity (Wildman–Crippen MR) is 187 cm³/mol. The number of fused-ring (bicyclic) bond motifs is 1. The molecule has 6 heteroatoms. The van der Waals surface area contributed by atoms with Gasteiger partial charge in [0.1, 0.15) is 29.0 Å². The summed E-state index contributed by atoms with van der Waals surface area (Å²) in [6.07, 6.45) is 10.5. The monoisotopic (exact) mass is 642 g/mol. The maximum atomic E-state index is 15.4. The Morgan fingerprint density at radius 3 is 2.06 bits per heavy atom. The third-order valence-corrected chi connectivity index (χ3v) is 11.0. The molecule has 1 aliphatic heterocycles. The minimum atomic E-state index is -1.47. The van der Waals surface area contributed by atoms with Crippen LogP contribution in [0.2, 0.25) is 0 Å². The molecule has 1 aromatic rings. The molecule has 0 amide bonds. The number of aromatic hydroxyl groups is 1. The van der Waals surface area contributed by atoms with Gasteiger partial charge in [0.05, 0.1) is 5.41 Å².